The van der Waals surface area contributed by atoms with Crippen molar-refractivity contribution in [1.29, 1.82) is 0 Å². The minimum Gasteiger partial charge on any atom is -0.309 e. The molecule has 0 aliphatic heterocycles. The van der Waals surface area contributed by atoms with Crippen LogP contribution in [0.5, 0.6) is 0 Å². The van der Waals surface area contributed by atoms with Crippen LogP contribution < -0.4 is 5.32 Å². The van der Waals surface area contributed by atoms with Crippen LogP contribution in [0.2, 0.25) is 0 Å². The average molecular weight is 265 g/mol. The van der Waals surface area contributed by atoms with Crippen LogP contribution in [0.25, 0.3) is 0 Å². The Labute approximate surface area is 116 Å². The van der Waals surface area contributed by atoms with E-state index in [1.54, 1.807) is 6.33 Å². The van der Waals surface area contributed by atoms with Gasteiger partial charge in [0.25, 0.3) is 0 Å². The molecule has 1 saturated carbocycles. The number of nitrogens with zero attached hydrogens (tertiary/aromatic N) is 4. The molecule has 1 fully saturated rings. The predicted molar refractivity (Wildman–Crippen MR) is 76.9 cm³/mol. The number of rotatable bonds is 8. The number of hydrogen-bond donors (Lipinski definition) is 1. The van der Waals surface area contributed by atoms with Crippen LogP contribution in [0, 0.1) is 0 Å². The van der Waals surface area contributed by atoms with Gasteiger partial charge in [0.1, 0.15) is 12.2 Å². The molecule has 2 rings (SSSR count). The van der Waals surface area contributed by atoms with Crippen LogP contribution >= 0.6 is 0 Å². The van der Waals surface area contributed by atoms with Crippen LogP contribution in [0.4, 0.5) is 0 Å². The molecule has 1 aliphatic carbocycles. The Balaban J connectivity index is 1.64. The minimum atomic E-state index is 0.811. The van der Waals surface area contributed by atoms with E-state index in [-0.39, 0.29) is 0 Å². The standard InChI is InChI=1S/C14H27N5/c1-3-9-19-14(16-12-17-19)11-15-8-10-18(2)13-6-4-5-7-13/h12-13,15H,3-11H2,1-2H3. The van der Waals surface area contributed by atoms with Gasteiger partial charge in [-0.2, -0.15) is 5.10 Å². The maximum atomic E-state index is 4.30. The third kappa shape index (κ3) is 4.28. The van der Waals surface area contributed by atoms with Crippen molar-refractivity contribution in [1.82, 2.24) is 25.0 Å². The molecular formula is C14H27N5. The Morgan fingerprint density at radius 1 is 1.42 bits per heavy atom. The highest BCUT2D eigenvalue weighted by atomic mass is 15.3. The van der Waals surface area contributed by atoms with Crippen molar-refractivity contribution in [2.45, 2.75) is 58.2 Å². The van der Waals surface area contributed by atoms with E-state index in [9.17, 15) is 0 Å². The van der Waals surface area contributed by atoms with E-state index in [0.29, 0.717) is 0 Å². The van der Waals surface area contributed by atoms with Gasteiger partial charge in [0.05, 0.1) is 6.54 Å². The molecule has 5 nitrogen and oxygen atoms in total. The van der Waals surface area contributed by atoms with Gasteiger partial charge in [-0.3, -0.25) is 0 Å². The van der Waals surface area contributed by atoms with Gasteiger partial charge >= 0.3 is 0 Å². The number of hydrogen-bond acceptors (Lipinski definition) is 4. The number of aryl methyl sites for hydroxylation is 1. The molecule has 19 heavy (non-hydrogen) atoms. The zero-order valence-corrected chi connectivity index (χ0v) is 12.3. The lowest BCUT2D eigenvalue weighted by molar-refractivity contribution is 0.245. The summed E-state index contributed by atoms with van der Waals surface area (Å²) in [5, 5.41) is 7.71. The van der Waals surface area contributed by atoms with Gasteiger partial charge in [0.15, 0.2) is 0 Å². The quantitative estimate of drug-likeness (QED) is 0.726. The van der Waals surface area contributed by atoms with Gasteiger partial charge in [0.2, 0.25) is 0 Å². The summed E-state index contributed by atoms with van der Waals surface area (Å²) in [6, 6.07) is 0.811. The van der Waals surface area contributed by atoms with Crippen molar-refractivity contribution in [3.63, 3.8) is 0 Å². The lowest BCUT2D eigenvalue weighted by atomic mass is 10.2. The van der Waals surface area contributed by atoms with Crippen LogP contribution in [0.15, 0.2) is 6.33 Å². The Kier molecular flexibility index (Phi) is 5.79. The van der Waals surface area contributed by atoms with Gasteiger partial charge in [-0.05, 0) is 26.3 Å². The van der Waals surface area contributed by atoms with Crippen molar-refractivity contribution >= 4 is 0 Å². The summed E-state index contributed by atoms with van der Waals surface area (Å²) < 4.78 is 1.99. The summed E-state index contributed by atoms with van der Waals surface area (Å²) in [6.45, 7) is 6.07. The van der Waals surface area contributed by atoms with Gasteiger partial charge in [-0.25, -0.2) is 9.67 Å². The first-order valence-corrected chi connectivity index (χ1v) is 7.59. The molecule has 1 heterocycles. The largest absolute Gasteiger partial charge is 0.309 e. The third-order valence-corrected chi connectivity index (χ3v) is 4.00. The highest BCUT2D eigenvalue weighted by molar-refractivity contribution is 4.84. The van der Waals surface area contributed by atoms with E-state index in [0.717, 1.165) is 44.5 Å². The fourth-order valence-electron chi connectivity index (χ4n) is 2.81. The Morgan fingerprint density at radius 2 is 2.21 bits per heavy atom. The lowest BCUT2D eigenvalue weighted by Crippen LogP contribution is -2.35. The molecular weight excluding hydrogens is 238 g/mol. The second kappa shape index (κ2) is 7.60. The van der Waals surface area contributed by atoms with Crippen LogP contribution in [0.1, 0.15) is 44.9 Å². The number of likely N-dealkylation sites (N-methyl/N-ethyl adjacent to an activating group) is 1. The summed E-state index contributed by atoms with van der Waals surface area (Å²) in [5.41, 5.74) is 0. The summed E-state index contributed by atoms with van der Waals surface area (Å²) in [7, 11) is 2.25. The summed E-state index contributed by atoms with van der Waals surface area (Å²) in [4.78, 5) is 6.80. The summed E-state index contributed by atoms with van der Waals surface area (Å²) in [6.07, 6.45) is 8.31. The molecule has 0 atom stereocenters. The van der Waals surface area contributed by atoms with Crippen molar-refractivity contribution in [2.75, 3.05) is 20.1 Å². The fourth-order valence-corrected chi connectivity index (χ4v) is 2.81. The first-order chi connectivity index (χ1) is 9.31. The lowest BCUT2D eigenvalue weighted by Gasteiger charge is -2.23. The monoisotopic (exact) mass is 265 g/mol. The molecule has 1 N–H and O–H groups in total. The van der Waals surface area contributed by atoms with Crippen molar-refractivity contribution < 1.29 is 0 Å². The van der Waals surface area contributed by atoms with Crippen LogP contribution in [-0.4, -0.2) is 45.8 Å². The van der Waals surface area contributed by atoms with E-state index in [2.05, 4.69) is 34.3 Å². The molecule has 108 valence electrons. The molecule has 0 bridgehead atoms. The van der Waals surface area contributed by atoms with Crippen LogP contribution in [-0.2, 0) is 13.1 Å². The topological polar surface area (TPSA) is 46.0 Å². The van der Waals surface area contributed by atoms with E-state index >= 15 is 0 Å². The predicted octanol–water partition coefficient (Wildman–Crippen LogP) is 1.65. The summed E-state index contributed by atoms with van der Waals surface area (Å²) >= 11 is 0. The van der Waals surface area contributed by atoms with Crippen molar-refractivity contribution in [3.8, 4) is 0 Å². The van der Waals surface area contributed by atoms with Gasteiger partial charge < -0.3 is 10.2 Å². The van der Waals surface area contributed by atoms with Crippen molar-refractivity contribution in [3.05, 3.63) is 12.2 Å². The third-order valence-electron chi connectivity index (χ3n) is 4.00. The Morgan fingerprint density at radius 3 is 2.95 bits per heavy atom. The molecule has 0 saturated heterocycles. The second-order valence-electron chi connectivity index (χ2n) is 5.50. The maximum Gasteiger partial charge on any atom is 0.140 e. The molecule has 1 aliphatic rings. The van der Waals surface area contributed by atoms with Gasteiger partial charge in [-0.15, -0.1) is 0 Å². The molecule has 0 unspecified atom stereocenters. The summed E-state index contributed by atoms with van der Waals surface area (Å²) in [5.74, 6) is 1.05. The highest BCUT2D eigenvalue weighted by Gasteiger charge is 2.18. The highest BCUT2D eigenvalue weighted by Crippen LogP contribution is 2.21. The molecule has 5 heteroatoms. The van der Waals surface area contributed by atoms with Crippen LogP contribution in [0.3, 0.4) is 0 Å². The van der Waals surface area contributed by atoms with Crippen molar-refractivity contribution in [2.24, 2.45) is 0 Å². The first kappa shape index (κ1) is 14.5. The van der Waals surface area contributed by atoms with E-state index < -0.39 is 0 Å². The minimum absolute atomic E-state index is 0.811. The second-order valence-corrected chi connectivity index (χ2v) is 5.50. The molecule has 0 spiro atoms. The molecule has 0 amide bonds. The Bertz CT molecular complexity index is 356. The van der Waals surface area contributed by atoms with Gasteiger partial charge in [0, 0.05) is 25.7 Å². The smallest absolute Gasteiger partial charge is 0.140 e. The van der Waals surface area contributed by atoms with E-state index in [1.807, 2.05) is 4.68 Å². The van der Waals surface area contributed by atoms with E-state index in [1.165, 1.54) is 25.7 Å². The van der Waals surface area contributed by atoms with E-state index in [4.69, 9.17) is 0 Å². The fraction of sp³-hybridized carbons (Fsp3) is 0.857. The zero-order valence-electron chi connectivity index (χ0n) is 12.3. The first-order valence-electron chi connectivity index (χ1n) is 7.59. The maximum absolute atomic E-state index is 4.30. The zero-order chi connectivity index (χ0) is 13.5. The normalized spacial score (nSPS) is 16.6. The molecule has 0 aromatic carbocycles. The molecule has 0 radical (unpaired) electrons. The molecule has 1 aromatic heterocycles. The average Bonchev–Trinajstić information content (AvgIpc) is 3.06. The Hall–Kier alpha value is -0.940. The SMILES string of the molecule is CCCn1ncnc1CNCCN(C)C1CCCC1. The van der Waals surface area contributed by atoms with Gasteiger partial charge in [-0.1, -0.05) is 19.8 Å². The number of aromatic nitrogens is 3. The molecule has 1 aromatic rings. The number of nitrogens with one attached hydrogen (secondary N) is 1.